The summed E-state index contributed by atoms with van der Waals surface area (Å²) in [6, 6.07) is 0. The lowest BCUT2D eigenvalue weighted by atomic mass is 9.97. The molecule has 0 bridgehead atoms. The molecule has 5 nitrogen and oxygen atoms in total. The van der Waals surface area contributed by atoms with Crippen molar-refractivity contribution in [3.8, 4) is 0 Å². The number of hydrogen-bond acceptors (Lipinski definition) is 3. The third-order valence-electron chi connectivity index (χ3n) is 4.83. The van der Waals surface area contributed by atoms with Gasteiger partial charge in [-0.15, -0.1) is 0 Å². The Morgan fingerprint density at radius 1 is 1.43 bits per heavy atom. The van der Waals surface area contributed by atoms with Crippen LogP contribution in [0.3, 0.4) is 0 Å². The molecule has 1 fully saturated rings. The SMILES string of the molecule is CCNC(=NCCC1=CCCCC1)N1CC(C)C(C(=O)OC)C1. The molecule has 0 aromatic carbocycles. The minimum atomic E-state index is -0.108. The quantitative estimate of drug-likeness (QED) is 0.366. The highest BCUT2D eigenvalue weighted by Crippen LogP contribution is 2.24. The summed E-state index contributed by atoms with van der Waals surface area (Å²) in [5.74, 6) is 1.07. The van der Waals surface area contributed by atoms with E-state index < -0.39 is 0 Å². The number of rotatable bonds is 5. The molecular formula is C18H31N3O2. The third-order valence-corrected chi connectivity index (χ3v) is 4.83. The van der Waals surface area contributed by atoms with Gasteiger partial charge in [-0.25, -0.2) is 0 Å². The van der Waals surface area contributed by atoms with E-state index in [1.54, 1.807) is 5.57 Å². The largest absolute Gasteiger partial charge is 0.469 e. The average molecular weight is 321 g/mol. The lowest BCUT2D eigenvalue weighted by Gasteiger charge is -2.21. The molecule has 1 saturated heterocycles. The number of allylic oxidation sites excluding steroid dienone is 1. The number of carbonyl (C=O) groups excluding carboxylic acids is 1. The maximum atomic E-state index is 11.9. The van der Waals surface area contributed by atoms with Gasteiger partial charge in [0, 0.05) is 26.2 Å². The van der Waals surface area contributed by atoms with Gasteiger partial charge in [-0.3, -0.25) is 9.79 Å². The van der Waals surface area contributed by atoms with Gasteiger partial charge >= 0.3 is 5.97 Å². The fourth-order valence-corrected chi connectivity index (χ4v) is 3.46. The maximum absolute atomic E-state index is 11.9. The van der Waals surface area contributed by atoms with Gasteiger partial charge in [0.1, 0.15) is 0 Å². The first-order chi connectivity index (χ1) is 11.2. The van der Waals surface area contributed by atoms with Crippen LogP contribution >= 0.6 is 0 Å². The van der Waals surface area contributed by atoms with Crippen LogP contribution in [0.25, 0.3) is 0 Å². The molecule has 1 aliphatic heterocycles. The molecule has 2 unspecified atom stereocenters. The molecule has 2 rings (SSSR count). The summed E-state index contributed by atoms with van der Waals surface area (Å²) >= 11 is 0. The van der Waals surface area contributed by atoms with Gasteiger partial charge in [-0.05, 0) is 44.9 Å². The molecule has 2 atom stereocenters. The van der Waals surface area contributed by atoms with Gasteiger partial charge in [-0.1, -0.05) is 18.6 Å². The molecule has 23 heavy (non-hydrogen) atoms. The Bertz CT molecular complexity index is 459. The minimum Gasteiger partial charge on any atom is -0.469 e. The van der Waals surface area contributed by atoms with Gasteiger partial charge in [-0.2, -0.15) is 0 Å². The van der Waals surface area contributed by atoms with E-state index in [4.69, 9.17) is 9.73 Å². The number of nitrogens with one attached hydrogen (secondary N) is 1. The number of likely N-dealkylation sites (tertiary alicyclic amines) is 1. The highest BCUT2D eigenvalue weighted by molar-refractivity contribution is 5.82. The molecule has 5 heteroatoms. The number of carbonyl (C=O) groups is 1. The number of nitrogens with zero attached hydrogens (tertiary/aromatic N) is 2. The summed E-state index contributed by atoms with van der Waals surface area (Å²) in [6.45, 7) is 7.41. The minimum absolute atomic E-state index is 0.0510. The van der Waals surface area contributed by atoms with E-state index >= 15 is 0 Å². The van der Waals surface area contributed by atoms with E-state index in [1.165, 1.54) is 32.8 Å². The molecule has 1 N–H and O–H groups in total. The van der Waals surface area contributed by atoms with Crippen LogP contribution in [-0.4, -0.2) is 50.1 Å². The Hall–Kier alpha value is -1.52. The number of methoxy groups -OCH3 is 1. The molecule has 0 radical (unpaired) electrons. The van der Waals surface area contributed by atoms with E-state index in [9.17, 15) is 4.79 Å². The number of ether oxygens (including phenoxy) is 1. The first kappa shape index (κ1) is 17.8. The standard InChI is InChI=1S/C18H31N3O2/c1-4-19-18(20-11-10-15-8-6-5-7-9-15)21-12-14(2)16(13-21)17(22)23-3/h8,14,16H,4-7,9-13H2,1-3H3,(H,19,20). The lowest BCUT2D eigenvalue weighted by Crippen LogP contribution is -2.40. The van der Waals surface area contributed by atoms with Crippen molar-refractivity contribution in [3.63, 3.8) is 0 Å². The first-order valence-corrected chi connectivity index (χ1v) is 8.94. The van der Waals surface area contributed by atoms with E-state index in [0.717, 1.165) is 32.0 Å². The Balaban J connectivity index is 1.93. The number of hydrogen-bond donors (Lipinski definition) is 1. The van der Waals surface area contributed by atoms with Crippen molar-refractivity contribution in [2.24, 2.45) is 16.8 Å². The zero-order valence-electron chi connectivity index (χ0n) is 14.8. The molecule has 2 aliphatic rings. The van der Waals surface area contributed by atoms with Crippen LogP contribution in [0.4, 0.5) is 0 Å². The summed E-state index contributed by atoms with van der Waals surface area (Å²) in [5.41, 5.74) is 1.55. The Kier molecular flexibility index (Phi) is 6.93. The summed E-state index contributed by atoms with van der Waals surface area (Å²) in [7, 11) is 1.47. The zero-order chi connectivity index (χ0) is 16.7. The maximum Gasteiger partial charge on any atom is 0.310 e. The molecule has 1 heterocycles. The summed E-state index contributed by atoms with van der Waals surface area (Å²) in [5, 5.41) is 3.36. The smallest absolute Gasteiger partial charge is 0.310 e. The normalized spacial score (nSPS) is 25.3. The van der Waals surface area contributed by atoms with Crippen LogP contribution in [0, 0.1) is 11.8 Å². The molecule has 0 saturated carbocycles. The highest BCUT2D eigenvalue weighted by Gasteiger charge is 2.36. The van der Waals surface area contributed by atoms with Gasteiger partial charge < -0.3 is 15.0 Å². The highest BCUT2D eigenvalue weighted by atomic mass is 16.5. The molecule has 0 aromatic heterocycles. The van der Waals surface area contributed by atoms with Crippen molar-refractivity contribution >= 4 is 11.9 Å². The number of aliphatic imine (C=N–C) groups is 1. The van der Waals surface area contributed by atoms with Crippen molar-refractivity contribution in [1.82, 2.24) is 10.2 Å². The fourth-order valence-electron chi connectivity index (χ4n) is 3.46. The molecule has 130 valence electrons. The van der Waals surface area contributed by atoms with Crippen molar-refractivity contribution in [1.29, 1.82) is 0 Å². The van der Waals surface area contributed by atoms with Crippen molar-refractivity contribution < 1.29 is 9.53 Å². The van der Waals surface area contributed by atoms with Crippen molar-refractivity contribution in [2.45, 2.75) is 46.0 Å². The Morgan fingerprint density at radius 2 is 2.26 bits per heavy atom. The van der Waals surface area contributed by atoms with Crippen LogP contribution in [0.1, 0.15) is 46.0 Å². The third kappa shape index (κ3) is 4.98. The van der Waals surface area contributed by atoms with Gasteiger partial charge in [0.2, 0.25) is 0 Å². The molecular weight excluding hydrogens is 290 g/mol. The monoisotopic (exact) mass is 321 g/mol. The van der Waals surface area contributed by atoms with Crippen molar-refractivity contribution in [3.05, 3.63) is 11.6 Å². The molecule has 0 spiro atoms. The van der Waals surface area contributed by atoms with Gasteiger partial charge in [0.15, 0.2) is 5.96 Å². The topological polar surface area (TPSA) is 53.9 Å². The van der Waals surface area contributed by atoms with Crippen LogP contribution in [0.2, 0.25) is 0 Å². The fraction of sp³-hybridized carbons (Fsp3) is 0.778. The Morgan fingerprint density at radius 3 is 2.91 bits per heavy atom. The first-order valence-electron chi connectivity index (χ1n) is 8.94. The Labute approximate surface area is 140 Å². The van der Waals surface area contributed by atoms with E-state index in [2.05, 4.69) is 30.1 Å². The predicted molar refractivity (Wildman–Crippen MR) is 93.4 cm³/mol. The zero-order valence-corrected chi connectivity index (χ0v) is 14.8. The van der Waals surface area contributed by atoms with E-state index in [-0.39, 0.29) is 11.9 Å². The lowest BCUT2D eigenvalue weighted by molar-refractivity contribution is -0.145. The summed E-state index contributed by atoms with van der Waals surface area (Å²) in [4.78, 5) is 18.8. The van der Waals surface area contributed by atoms with Crippen LogP contribution in [-0.2, 0) is 9.53 Å². The molecule has 0 aromatic rings. The second-order valence-electron chi connectivity index (χ2n) is 6.61. The van der Waals surface area contributed by atoms with Crippen molar-refractivity contribution in [2.75, 3.05) is 33.3 Å². The molecule has 1 aliphatic carbocycles. The second-order valence-corrected chi connectivity index (χ2v) is 6.61. The predicted octanol–water partition coefficient (Wildman–Crippen LogP) is 2.58. The second kappa shape index (κ2) is 8.94. The summed E-state index contributed by atoms with van der Waals surface area (Å²) in [6.07, 6.45) is 8.55. The molecule has 0 amide bonds. The number of esters is 1. The number of guanidine groups is 1. The van der Waals surface area contributed by atoms with Gasteiger partial charge in [0.05, 0.1) is 13.0 Å². The summed E-state index contributed by atoms with van der Waals surface area (Å²) < 4.78 is 4.92. The van der Waals surface area contributed by atoms with Crippen LogP contribution in [0.15, 0.2) is 16.6 Å². The van der Waals surface area contributed by atoms with E-state index in [0.29, 0.717) is 12.5 Å². The van der Waals surface area contributed by atoms with Gasteiger partial charge in [0.25, 0.3) is 0 Å². The van der Waals surface area contributed by atoms with E-state index in [1.807, 2.05) is 0 Å². The average Bonchev–Trinajstić information content (AvgIpc) is 2.96. The van der Waals surface area contributed by atoms with Crippen LogP contribution < -0.4 is 5.32 Å². The van der Waals surface area contributed by atoms with Crippen LogP contribution in [0.5, 0.6) is 0 Å².